The summed E-state index contributed by atoms with van der Waals surface area (Å²) in [6.07, 6.45) is 3.35. The minimum absolute atomic E-state index is 0.237. The Labute approximate surface area is 97.1 Å². The van der Waals surface area contributed by atoms with Crippen molar-refractivity contribution in [1.29, 1.82) is 0 Å². The van der Waals surface area contributed by atoms with Gasteiger partial charge in [0, 0.05) is 31.5 Å². The maximum absolute atomic E-state index is 11.7. The molecule has 2 rings (SSSR count). The summed E-state index contributed by atoms with van der Waals surface area (Å²) in [4.78, 5) is 11.7. The number of aromatic nitrogens is 3. The lowest BCUT2D eigenvalue weighted by Crippen LogP contribution is -2.22. The molecule has 2 N–H and O–H groups in total. The van der Waals surface area contributed by atoms with Crippen LogP contribution in [0.5, 0.6) is 0 Å². The molecule has 0 saturated carbocycles. The zero-order chi connectivity index (χ0) is 12.1. The highest BCUT2D eigenvalue weighted by Crippen LogP contribution is 2.05. The Bertz CT molecular complexity index is 477. The molecule has 0 aliphatic heterocycles. The van der Waals surface area contributed by atoms with Gasteiger partial charge in [-0.1, -0.05) is 5.16 Å². The molecule has 0 saturated heterocycles. The Kier molecular flexibility index (Phi) is 3.51. The molecule has 0 radical (unpaired) electrons. The van der Waals surface area contributed by atoms with E-state index in [0.717, 1.165) is 5.56 Å². The molecule has 90 valence electrons. The molecule has 0 aromatic carbocycles. The van der Waals surface area contributed by atoms with Gasteiger partial charge in [-0.15, -0.1) is 0 Å². The minimum Gasteiger partial charge on any atom is -0.377 e. The van der Waals surface area contributed by atoms with Crippen molar-refractivity contribution >= 4 is 5.91 Å². The lowest BCUT2D eigenvalue weighted by Gasteiger charge is -1.98. The summed E-state index contributed by atoms with van der Waals surface area (Å²) < 4.78 is 9.77. The Morgan fingerprint density at radius 3 is 3.24 bits per heavy atom. The molecule has 1 amide bonds. The topological polar surface area (TPSA) is 93.0 Å². The maximum Gasteiger partial charge on any atom is 0.273 e. The molecule has 0 aliphatic carbocycles. The number of nitrogens with zero attached hydrogens (tertiary/aromatic N) is 2. The van der Waals surface area contributed by atoms with Gasteiger partial charge in [0.05, 0.1) is 6.20 Å². The second-order valence-corrected chi connectivity index (χ2v) is 3.40. The predicted octanol–water partition coefficient (Wildman–Crippen LogP) is 0.474. The standard InChI is InChI=1S/C10H12N4O3/c1-16-6-8-2-9(14-17-8)10(15)11-3-7-4-12-13-5-7/h2,4-5H,3,6H2,1H3,(H,11,15)(H,12,13). The first kappa shape index (κ1) is 11.3. The van der Waals surface area contributed by atoms with Gasteiger partial charge in [0.1, 0.15) is 6.61 Å². The number of ether oxygens (including phenoxy) is 1. The number of aromatic amines is 1. The summed E-state index contributed by atoms with van der Waals surface area (Å²) in [5, 5.41) is 12.8. The van der Waals surface area contributed by atoms with E-state index in [1.54, 1.807) is 25.6 Å². The first-order valence-corrected chi connectivity index (χ1v) is 5.00. The second-order valence-electron chi connectivity index (χ2n) is 3.40. The van der Waals surface area contributed by atoms with Gasteiger partial charge in [0.2, 0.25) is 0 Å². The fourth-order valence-corrected chi connectivity index (χ4v) is 1.28. The Hall–Kier alpha value is -2.15. The molecule has 7 nitrogen and oxygen atoms in total. The van der Waals surface area contributed by atoms with E-state index in [4.69, 9.17) is 9.26 Å². The molecule has 2 aromatic heterocycles. The summed E-state index contributed by atoms with van der Waals surface area (Å²) in [7, 11) is 1.54. The van der Waals surface area contributed by atoms with Gasteiger partial charge < -0.3 is 14.6 Å². The van der Waals surface area contributed by atoms with Gasteiger partial charge >= 0.3 is 0 Å². The van der Waals surface area contributed by atoms with Crippen molar-refractivity contribution in [1.82, 2.24) is 20.7 Å². The van der Waals surface area contributed by atoms with Crippen molar-refractivity contribution in [3.05, 3.63) is 35.5 Å². The van der Waals surface area contributed by atoms with E-state index in [9.17, 15) is 4.79 Å². The monoisotopic (exact) mass is 236 g/mol. The first-order valence-electron chi connectivity index (χ1n) is 5.00. The summed E-state index contributed by atoms with van der Waals surface area (Å²) in [5.74, 6) is 0.221. The number of hydrogen-bond acceptors (Lipinski definition) is 5. The molecule has 7 heteroatoms. The van der Waals surface area contributed by atoms with E-state index in [0.29, 0.717) is 18.9 Å². The minimum atomic E-state index is -0.294. The number of hydrogen-bond donors (Lipinski definition) is 2. The fourth-order valence-electron chi connectivity index (χ4n) is 1.28. The molecule has 2 aromatic rings. The van der Waals surface area contributed by atoms with Crippen LogP contribution < -0.4 is 5.32 Å². The molecule has 17 heavy (non-hydrogen) atoms. The highest BCUT2D eigenvalue weighted by atomic mass is 16.5. The number of amides is 1. The Morgan fingerprint density at radius 1 is 1.65 bits per heavy atom. The van der Waals surface area contributed by atoms with Crippen molar-refractivity contribution in [3.63, 3.8) is 0 Å². The van der Waals surface area contributed by atoms with Crippen molar-refractivity contribution in [2.45, 2.75) is 13.2 Å². The van der Waals surface area contributed by atoms with E-state index < -0.39 is 0 Å². The molecule has 0 atom stereocenters. The lowest BCUT2D eigenvalue weighted by molar-refractivity contribution is 0.0941. The number of methoxy groups -OCH3 is 1. The number of nitrogens with one attached hydrogen (secondary N) is 2. The summed E-state index contributed by atoms with van der Waals surface area (Å²) in [5.41, 5.74) is 1.12. The summed E-state index contributed by atoms with van der Waals surface area (Å²) in [6.45, 7) is 0.684. The van der Waals surface area contributed by atoms with Gasteiger partial charge in [-0.05, 0) is 0 Å². The van der Waals surface area contributed by atoms with Crippen LogP contribution in [-0.4, -0.2) is 28.4 Å². The normalized spacial score (nSPS) is 10.4. The first-order chi connectivity index (χ1) is 8.29. The van der Waals surface area contributed by atoms with Gasteiger partial charge in [-0.25, -0.2) is 0 Å². The van der Waals surface area contributed by atoms with E-state index in [1.807, 2.05) is 0 Å². The molecule has 0 unspecified atom stereocenters. The van der Waals surface area contributed by atoms with E-state index in [-0.39, 0.29) is 11.6 Å². The smallest absolute Gasteiger partial charge is 0.273 e. The molecular weight excluding hydrogens is 224 g/mol. The number of rotatable bonds is 5. The third-order valence-corrected chi connectivity index (χ3v) is 2.09. The van der Waals surface area contributed by atoms with Crippen LogP contribution in [-0.2, 0) is 17.9 Å². The van der Waals surface area contributed by atoms with Crippen molar-refractivity contribution in [3.8, 4) is 0 Å². The van der Waals surface area contributed by atoms with Crippen LogP contribution in [0.1, 0.15) is 21.8 Å². The SMILES string of the molecule is COCc1cc(C(=O)NCc2cn[nH]c2)no1. The number of carbonyl (C=O) groups excluding carboxylic acids is 1. The average Bonchev–Trinajstić information content (AvgIpc) is 2.97. The van der Waals surface area contributed by atoms with Crippen molar-refractivity contribution < 1.29 is 14.1 Å². The lowest BCUT2D eigenvalue weighted by atomic mass is 10.3. The van der Waals surface area contributed by atoms with Crippen molar-refractivity contribution in [2.24, 2.45) is 0 Å². The Morgan fingerprint density at radius 2 is 2.53 bits per heavy atom. The van der Waals surface area contributed by atoms with E-state index in [1.165, 1.54) is 0 Å². The van der Waals surface area contributed by atoms with Gasteiger partial charge in [-0.3, -0.25) is 9.89 Å². The zero-order valence-electron chi connectivity index (χ0n) is 9.27. The molecule has 0 bridgehead atoms. The molecular formula is C10H12N4O3. The summed E-state index contributed by atoms with van der Waals surface area (Å²) >= 11 is 0. The van der Waals surface area contributed by atoms with Crippen LogP contribution in [0.3, 0.4) is 0 Å². The van der Waals surface area contributed by atoms with Crippen LogP contribution in [0.25, 0.3) is 0 Å². The van der Waals surface area contributed by atoms with Gasteiger partial charge in [-0.2, -0.15) is 5.10 Å². The van der Waals surface area contributed by atoms with Crippen LogP contribution >= 0.6 is 0 Å². The molecule has 0 fully saturated rings. The molecule has 0 spiro atoms. The predicted molar refractivity (Wildman–Crippen MR) is 57.0 cm³/mol. The highest BCUT2D eigenvalue weighted by Gasteiger charge is 2.12. The molecule has 0 aliphatic rings. The largest absolute Gasteiger partial charge is 0.377 e. The quantitative estimate of drug-likeness (QED) is 0.787. The van der Waals surface area contributed by atoms with E-state index in [2.05, 4.69) is 20.7 Å². The van der Waals surface area contributed by atoms with Crippen molar-refractivity contribution in [2.75, 3.05) is 7.11 Å². The number of carbonyl (C=O) groups is 1. The Balaban J connectivity index is 1.90. The van der Waals surface area contributed by atoms with Gasteiger partial charge in [0.15, 0.2) is 11.5 Å². The van der Waals surface area contributed by atoms with Crippen LogP contribution in [0.4, 0.5) is 0 Å². The van der Waals surface area contributed by atoms with Gasteiger partial charge in [0.25, 0.3) is 5.91 Å². The van der Waals surface area contributed by atoms with Crippen LogP contribution in [0, 0.1) is 0 Å². The van der Waals surface area contributed by atoms with Crippen LogP contribution in [0.15, 0.2) is 23.0 Å². The van der Waals surface area contributed by atoms with Crippen LogP contribution in [0.2, 0.25) is 0 Å². The molecule has 2 heterocycles. The summed E-state index contributed by atoms with van der Waals surface area (Å²) in [6, 6.07) is 1.55. The third kappa shape index (κ3) is 2.91. The average molecular weight is 236 g/mol. The fraction of sp³-hybridized carbons (Fsp3) is 0.300. The third-order valence-electron chi connectivity index (χ3n) is 2.09. The second kappa shape index (κ2) is 5.26. The zero-order valence-corrected chi connectivity index (χ0v) is 9.27. The number of H-pyrrole nitrogens is 1. The highest BCUT2D eigenvalue weighted by molar-refractivity contribution is 5.92. The van der Waals surface area contributed by atoms with E-state index >= 15 is 0 Å². The maximum atomic E-state index is 11.7.